The van der Waals surface area contributed by atoms with Crippen LogP contribution in [0.25, 0.3) is 5.57 Å². The van der Waals surface area contributed by atoms with E-state index in [0.29, 0.717) is 22.6 Å². The molecule has 1 N–H and O–H groups in total. The molecular weight excluding hydrogens is 438 g/mol. The molecule has 35 heavy (non-hydrogen) atoms. The van der Waals surface area contributed by atoms with Crippen LogP contribution in [0.15, 0.2) is 84.6 Å². The minimum atomic E-state index is -0.405. The fourth-order valence-electron chi connectivity index (χ4n) is 4.61. The first-order valence-electron chi connectivity index (χ1n) is 12.1. The average molecular weight is 468 g/mol. The van der Waals surface area contributed by atoms with Gasteiger partial charge in [-0.15, -0.1) is 0 Å². The second-order valence-corrected chi connectivity index (χ2v) is 9.06. The number of anilines is 3. The Morgan fingerprint density at radius 1 is 0.800 bits per heavy atom. The van der Waals surface area contributed by atoms with Crippen molar-refractivity contribution >= 4 is 34.4 Å². The van der Waals surface area contributed by atoms with Gasteiger partial charge in [0, 0.05) is 24.5 Å². The van der Waals surface area contributed by atoms with Crippen molar-refractivity contribution in [1.29, 1.82) is 0 Å². The van der Waals surface area contributed by atoms with Crippen LogP contribution in [-0.2, 0) is 9.59 Å². The predicted molar refractivity (Wildman–Crippen MR) is 140 cm³/mol. The zero-order valence-electron chi connectivity index (χ0n) is 20.0. The molecule has 0 bridgehead atoms. The van der Waals surface area contributed by atoms with Crippen molar-refractivity contribution in [2.24, 2.45) is 0 Å². The molecule has 1 saturated heterocycles. The van der Waals surface area contributed by atoms with Crippen LogP contribution in [0.3, 0.4) is 0 Å². The number of rotatable bonds is 7. The second kappa shape index (κ2) is 9.66. The third-order valence-electron chi connectivity index (χ3n) is 6.22. The number of benzene rings is 3. The molecule has 2 aliphatic rings. The summed E-state index contributed by atoms with van der Waals surface area (Å²) >= 11 is 0. The zero-order valence-corrected chi connectivity index (χ0v) is 20.0. The molecule has 2 amide bonds. The first-order valence-corrected chi connectivity index (χ1v) is 12.1. The Bertz CT molecular complexity index is 1260. The minimum Gasteiger partial charge on any atom is -0.489 e. The lowest BCUT2D eigenvalue weighted by Crippen LogP contribution is -2.33. The van der Waals surface area contributed by atoms with E-state index in [9.17, 15) is 9.59 Å². The van der Waals surface area contributed by atoms with Gasteiger partial charge in [0.2, 0.25) is 0 Å². The highest BCUT2D eigenvalue weighted by molar-refractivity contribution is 6.46. The largest absolute Gasteiger partial charge is 0.489 e. The van der Waals surface area contributed by atoms with Crippen molar-refractivity contribution in [2.45, 2.75) is 32.8 Å². The van der Waals surface area contributed by atoms with Crippen LogP contribution in [0.5, 0.6) is 5.75 Å². The van der Waals surface area contributed by atoms with E-state index in [1.54, 1.807) is 18.2 Å². The van der Waals surface area contributed by atoms with Gasteiger partial charge in [-0.1, -0.05) is 42.5 Å². The van der Waals surface area contributed by atoms with E-state index in [0.717, 1.165) is 18.8 Å². The van der Waals surface area contributed by atoms with Crippen molar-refractivity contribution in [3.8, 4) is 5.75 Å². The van der Waals surface area contributed by atoms with E-state index < -0.39 is 5.91 Å². The van der Waals surface area contributed by atoms with Gasteiger partial charge in [0.25, 0.3) is 11.8 Å². The Morgan fingerprint density at radius 2 is 1.46 bits per heavy atom. The maximum atomic E-state index is 13.7. The van der Waals surface area contributed by atoms with Crippen LogP contribution in [0.1, 0.15) is 32.3 Å². The average Bonchev–Trinajstić information content (AvgIpc) is 3.48. The summed E-state index contributed by atoms with van der Waals surface area (Å²) in [5.74, 6) is -0.290. The summed E-state index contributed by atoms with van der Waals surface area (Å²) in [6.45, 7) is 5.96. The lowest BCUT2D eigenvalue weighted by Gasteiger charge is -2.21. The van der Waals surface area contributed by atoms with Gasteiger partial charge < -0.3 is 15.0 Å². The smallest absolute Gasteiger partial charge is 0.282 e. The highest BCUT2D eigenvalue weighted by atomic mass is 16.5. The fraction of sp³-hybridized carbons (Fsp3) is 0.241. The number of hydrogen-bond donors (Lipinski definition) is 1. The number of ether oxygens (including phenoxy) is 1. The van der Waals surface area contributed by atoms with Crippen LogP contribution >= 0.6 is 0 Å². The second-order valence-electron chi connectivity index (χ2n) is 9.06. The summed E-state index contributed by atoms with van der Waals surface area (Å²) in [7, 11) is 0. The number of imide groups is 1. The summed E-state index contributed by atoms with van der Waals surface area (Å²) in [4.78, 5) is 31.0. The normalized spacial score (nSPS) is 16.0. The van der Waals surface area contributed by atoms with E-state index >= 15 is 0 Å². The number of hydrogen-bond acceptors (Lipinski definition) is 5. The lowest BCUT2D eigenvalue weighted by atomic mass is 10.0. The van der Waals surface area contributed by atoms with Gasteiger partial charge in [-0.05, 0) is 68.7 Å². The SMILES string of the molecule is CC(C)Oc1ccccc1N1C(=O)C(Nc2ccc(N3CCCC3)cc2)=C(c2ccccc2)C1=O. The molecule has 0 unspecified atom stereocenters. The molecule has 5 rings (SSSR count). The quantitative estimate of drug-likeness (QED) is 0.467. The van der Waals surface area contributed by atoms with Gasteiger partial charge in [0.15, 0.2) is 0 Å². The summed E-state index contributed by atoms with van der Waals surface area (Å²) in [6, 6.07) is 24.5. The Labute approximate surface area is 205 Å². The predicted octanol–water partition coefficient (Wildman–Crippen LogP) is 5.47. The number of para-hydroxylation sites is 2. The molecule has 2 heterocycles. The van der Waals surface area contributed by atoms with E-state index in [2.05, 4.69) is 22.3 Å². The molecular formula is C29H29N3O3. The fourth-order valence-corrected chi connectivity index (χ4v) is 4.61. The van der Waals surface area contributed by atoms with Crippen LogP contribution in [0, 0.1) is 0 Å². The number of nitrogens with one attached hydrogen (secondary N) is 1. The Balaban J connectivity index is 1.52. The van der Waals surface area contributed by atoms with Crippen LogP contribution in [0.2, 0.25) is 0 Å². The molecule has 3 aromatic rings. The zero-order chi connectivity index (χ0) is 24.4. The highest BCUT2D eigenvalue weighted by Gasteiger charge is 2.41. The van der Waals surface area contributed by atoms with Gasteiger partial charge >= 0.3 is 0 Å². The van der Waals surface area contributed by atoms with E-state index in [-0.39, 0.29) is 17.7 Å². The first kappa shape index (κ1) is 22.7. The van der Waals surface area contributed by atoms with Gasteiger partial charge in [-0.2, -0.15) is 0 Å². The van der Waals surface area contributed by atoms with Crippen molar-refractivity contribution in [3.63, 3.8) is 0 Å². The van der Waals surface area contributed by atoms with Gasteiger partial charge in [-0.3, -0.25) is 9.59 Å². The molecule has 3 aromatic carbocycles. The van der Waals surface area contributed by atoms with Crippen molar-refractivity contribution in [2.75, 3.05) is 28.2 Å². The van der Waals surface area contributed by atoms with Gasteiger partial charge in [-0.25, -0.2) is 4.90 Å². The number of carbonyl (C=O) groups is 2. The molecule has 2 aliphatic heterocycles. The molecule has 0 spiro atoms. The lowest BCUT2D eigenvalue weighted by molar-refractivity contribution is -0.120. The van der Waals surface area contributed by atoms with Crippen molar-refractivity contribution < 1.29 is 14.3 Å². The van der Waals surface area contributed by atoms with E-state index in [1.165, 1.54) is 23.4 Å². The Kier molecular flexibility index (Phi) is 6.27. The van der Waals surface area contributed by atoms with Crippen molar-refractivity contribution in [3.05, 3.63) is 90.1 Å². The molecule has 6 nitrogen and oxygen atoms in total. The molecule has 0 atom stereocenters. The topological polar surface area (TPSA) is 61.9 Å². The Morgan fingerprint density at radius 3 is 2.14 bits per heavy atom. The molecule has 0 saturated carbocycles. The molecule has 0 aromatic heterocycles. The first-order chi connectivity index (χ1) is 17.0. The molecule has 178 valence electrons. The minimum absolute atomic E-state index is 0.0998. The van der Waals surface area contributed by atoms with Gasteiger partial charge in [0.05, 0.1) is 17.4 Å². The summed E-state index contributed by atoms with van der Waals surface area (Å²) < 4.78 is 5.92. The summed E-state index contributed by atoms with van der Waals surface area (Å²) in [6.07, 6.45) is 2.32. The molecule has 0 radical (unpaired) electrons. The monoisotopic (exact) mass is 467 g/mol. The van der Waals surface area contributed by atoms with Crippen LogP contribution in [-0.4, -0.2) is 31.0 Å². The Hall–Kier alpha value is -4.06. The summed E-state index contributed by atoms with van der Waals surface area (Å²) in [5, 5.41) is 3.26. The number of amides is 2. The standard InChI is InChI=1S/C29H29N3O3/c1-20(2)35-25-13-7-6-12-24(25)32-28(33)26(21-10-4-3-5-11-21)27(29(32)34)30-22-14-16-23(17-15-22)31-18-8-9-19-31/h3-7,10-17,20,30H,8-9,18-19H2,1-2H3. The third-order valence-corrected chi connectivity index (χ3v) is 6.22. The highest BCUT2D eigenvalue weighted by Crippen LogP contribution is 2.38. The summed E-state index contributed by atoms with van der Waals surface area (Å²) in [5.41, 5.74) is 3.65. The van der Waals surface area contributed by atoms with Crippen LogP contribution in [0.4, 0.5) is 17.1 Å². The molecule has 1 fully saturated rings. The van der Waals surface area contributed by atoms with Crippen molar-refractivity contribution in [1.82, 2.24) is 0 Å². The maximum absolute atomic E-state index is 13.7. The van der Waals surface area contributed by atoms with Crippen LogP contribution < -0.4 is 19.9 Å². The van der Waals surface area contributed by atoms with E-state index in [1.807, 2.05) is 62.4 Å². The number of carbonyl (C=O) groups excluding carboxylic acids is 2. The molecule has 6 heteroatoms. The van der Waals surface area contributed by atoms with Gasteiger partial charge in [0.1, 0.15) is 11.4 Å². The molecule has 0 aliphatic carbocycles. The number of nitrogens with zero attached hydrogens (tertiary/aromatic N) is 2. The third kappa shape index (κ3) is 4.52. The maximum Gasteiger partial charge on any atom is 0.282 e. The van der Waals surface area contributed by atoms with E-state index in [4.69, 9.17) is 4.74 Å².